The van der Waals surface area contributed by atoms with Gasteiger partial charge in [-0.2, -0.15) is 0 Å². The lowest BCUT2D eigenvalue weighted by Gasteiger charge is -2.14. The van der Waals surface area contributed by atoms with Crippen LogP contribution in [0.15, 0.2) is 42.7 Å². The van der Waals surface area contributed by atoms with Crippen molar-refractivity contribution in [1.29, 1.82) is 0 Å². The second kappa shape index (κ2) is 6.65. The van der Waals surface area contributed by atoms with Crippen LogP contribution in [0.5, 0.6) is 0 Å². The summed E-state index contributed by atoms with van der Waals surface area (Å²) >= 11 is 0. The first-order valence-corrected chi connectivity index (χ1v) is 6.58. The van der Waals surface area contributed by atoms with E-state index in [2.05, 4.69) is 27.4 Å². The van der Waals surface area contributed by atoms with Crippen LogP contribution >= 0.6 is 0 Å². The fraction of sp³-hybridized carbons (Fsp3) is 0.267. The third kappa shape index (κ3) is 3.78. The summed E-state index contributed by atoms with van der Waals surface area (Å²) in [6.45, 7) is 1.97. The molecule has 0 unspecified atom stereocenters. The van der Waals surface area contributed by atoms with Gasteiger partial charge in [-0.3, -0.25) is 4.79 Å². The number of nitrogen functional groups attached to an aromatic ring is 1. The molecular weight excluding hydrogens is 252 g/mol. The summed E-state index contributed by atoms with van der Waals surface area (Å²) in [5.74, 6) is -0.128. The number of aryl methyl sites for hydroxylation is 1. The summed E-state index contributed by atoms with van der Waals surface area (Å²) in [5.41, 5.74) is 7.06. The number of hydrogen-bond acceptors (Lipinski definition) is 4. The lowest BCUT2D eigenvalue weighted by Crippen LogP contribution is -2.34. The highest BCUT2D eigenvalue weighted by Gasteiger charge is 2.14. The van der Waals surface area contributed by atoms with Gasteiger partial charge in [-0.1, -0.05) is 30.3 Å². The molecule has 1 aromatic carbocycles. The van der Waals surface area contributed by atoms with E-state index in [9.17, 15) is 4.79 Å². The third-order valence-electron chi connectivity index (χ3n) is 3.03. The summed E-state index contributed by atoms with van der Waals surface area (Å²) in [4.78, 5) is 19.8. The molecule has 0 fully saturated rings. The predicted molar refractivity (Wildman–Crippen MR) is 78.1 cm³/mol. The number of hydrogen-bond donors (Lipinski definition) is 2. The fourth-order valence-electron chi connectivity index (χ4n) is 1.92. The van der Waals surface area contributed by atoms with Crippen molar-refractivity contribution < 1.29 is 4.79 Å². The van der Waals surface area contributed by atoms with Gasteiger partial charge in [-0.25, -0.2) is 9.97 Å². The average molecular weight is 270 g/mol. The summed E-state index contributed by atoms with van der Waals surface area (Å²) in [5, 5.41) is 2.89. The number of amides is 1. The molecule has 5 heteroatoms. The third-order valence-corrected chi connectivity index (χ3v) is 3.03. The quantitative estimate of drug-likeness (QED) is 0.868. The number of carbonyl (C=O) groups excluding carboxylic acids is 1. The second-order valence-electron chi connectivity index (χ2n) is 4.69. The van der Waals surface area contributed by atoms with E-state index in [0.717, 1.165) is 12.8 Å². The summed E-state index contributed by atoms with van der Waals surface area (Å²) in [7, 11) is 0. The Bertz CT molecular complexity index is 571. The Kier molecular flexibility index (Phi) is 4.65. The first kappa shape index (κ1) is 14.0. The molecule has 2 aromatic rings. The van der Waals surface area contributed by atoms with Crippen molar-refractivity contribution in [2.75, 3.05) is 5.73 Å². The molecule has 2 rings (SSSR count). The van der Waals surface area contributed by atoms with Crippen molar-refractivity contribution in [2.45, 2.75) is 25.8 Å². The Labute approximate surface area is 118 Å². The fourth-order valence-corrected chi connectivity index (χ4v) is 1.92. The minimum atomic E-state index is -0.281. The molecule has 0 radical (unpaired) electrons. The lowest BCUT2D eigenvalue weighted by atomic mass is 10.1. The second-order valence-corrected chi connectivity index (χ2v) is 4.69. The number of aromatic nitrogens is 2. The predicted octanol–water partition coefficient (Wildman–Crippen LogP) is 1.81. The molecule has 1 heterocycles. The van der Waals surface area contributed by atoms with Gasteiger partial charge in [0.2, 0.25) is 0 Å². The molecule has 1 aromatic heterocycles. The van der Waals surface area contributed by atoms with Gasteiger partial charge in [0.25, 0.3) is 5.91 Å². The van der Waals surface area contributed by atoms with Crippen LogP contribution < -0.4 is 11.1 Å². The zero-order chi connectivity index (χ0) is 14.4. The summed E-state index contributed by atoms with van der Waals surface area (Å²) < 4.78 is 0. The van der Waals surface area contributed by atoms with Gasteiger partial charge < -0.3 is 11.1 Å². The highest BCUT2D eigenvalue weighted by Crippen LogP contribution is 2.07. The largest absolute Gasteiger partial charge is 0.382 e. The number of anilines is 1. The highest BCUT2D eigenvalue weighted by atomic mass is 16.2. The number of nitrogens with zero attached hydrogens (tertiary/aromatic N) is 2. The molecule has 0 bridgehead atoms. The van der Waals surface area contributed by atoms with Gasteiger partial charge in [0.05, 0.1) is 0 Å². The molecule has 1 amide bonds. The summed E-state index contributed by atoms with van der Waals surface area (Å²) in [6.07, 6.45) is 4.69. The number of rotatable bonds is 5. The molecule has 0 saturated carbocycles. The van der Waals surface area contributed by atoms with Gasteiger partial charge in [0.15, 0.2) is 11.5 Å². The van der Waals surface area contributed by atoms with E-state index in [-0.39, 0.29) is 23.5 Å². The van der Waals surface area contributed by atoms with Gasteiger partial charge in [0.1, 0.15) is 0 Å². The molecular formula is C15H18N4O. The molecule has 5 nitrogen and oxygen atoms in total. The van der Waals surface area contributed by atoms with Crippen LogP contribution in [0.1, 0.15) is 29.4 Å². The van der Waals surface area contributed by atoms with Gasteiger partial charge in [-0.15, -0.1) is 0 Å². The topological polar surface area (TPSA) is 80.9 Å². The van der Waals surface area contributed by atoms with E-state index >= 15 is 0 Å². The molecule has 20 heavy (non-hydrogen) atoms. The van der Waals surface area contributed by atoms with Crippen LogP contribution in [0.2, 0.25) is 0 Å². The SMILES string of the molecule is C[C@H](CCc1ccccc1)NC(=O)c1nccnc1N. The van der Waals surface area contributed by atoms with Gasteiger partial charge >= 0.3 is 0 Å². The standard InChI is InChI=1S/C15H18N4O/c1-11(7-8-12-5-3-2-4-6-12)19-15(20)13-14(16)18-10-9-17-13/h2-6,9-11H,7-8H2,1H3,(H2,16,18)(H,19,20)/t11-/m1/s1. The van der Waals surface area contributed by atoms with Crippen LogP contribution in [-0.2, 0) is 6.42 Å². The van der Waals surface area contributed by atoms with Crippen molar-refractivity contribution in [3.8, 4) is 0 Å². The Morgan fingerprint density at radius 3 is 2.65 bits per heavy atom. The van der Waals surface area contributed by atoms with E-state index in [1.807, 2.05) is 25.1 Å². The van der Waals surface area contributed by atoms with E-state index in [1.165, 1.54) is 18.0 Å². The van der Waals surface area contributed by atoms with Crippen molar-refractivity contribution in [1.82, 2.24) is 15.3 Å². The van der Waals surface area contributed by atoms with Crippen molar-refractivity contribution >= 4 is 11.7 Å². The van der Waals surface area contributed by atoms with E-state index in [0.29, 0.717) is 0 Å². The highest BCUT2D eigenvalue weighted by molar-refractivity contribution is 5.96. The molecule has 0 spiro atoms. The Morgan fingerprint density at radius 2 is 1.95 bits per heavy atom. The first-order chi connectivity index (χ1) is 9.66. The molecule has 0 aliphatic carbocycles. The first-order valence-electron chi connectivity index (χ1n) is 6.58. The molecule has 3 N–H and O–H groups in total. The number of nitrogens with one attached hydrogen (secondary N) is 1. The van der Waals surface area contributed by atoms with Crippen LogP contribution in [-0.4, -0.2) is 21.9 Å². The van der Waals surface area contributed by atoms with Crippen LogP contribution in [0.25, 0.3) is 0 Å². The maximum atomic E-state index is 12.0. The zero-order valence-corrected chi connectivity index (χ0v) is 11.4. The smallest absolute Gasteiger partial charge is 0.273 e. The monoisotopic (exact) mass is 270 g/mol. The van der Waals surface area contributed by atoms with Crippen molar-refractivity contribution in [3.63, 3.8) is 0 Å². The van der Waals surface area contributed by atoms with Gasteiger partial charge in [-0.05, 0) is 25.3 Å². The minimum Gasteiger partial charge on any atom is -0.382 e. The van der Waals surface area contributed by atoms with Crippen LogP contribution in [0, 0.1) is 0 Å². The van der Waals surface area contributed by atoms with Crippen molar-refractivity contribution in [3.05, 3.63) is 54.0 Å². The molecule has 0 aliphatic rings. The Morgan fingerprint density at radius 1 is 1.25 bits per heavy atom. The molecule has 104 valence electrons. The zero-order valence-electron chi connectivity index (χ0n) is 11.4. The van der Waals surface area contributed by atoms with E-state index < -0.39 is 0 Å². The van der Waals surface area contributed by atoms with E-state index in [4.69, 9.17) is 5.73 Å². The molecule has 0 aliphatic heterocycles. The normalized spacial score (nSPS) is 11.8. The minimum absolute atomic E-state index is 0.0455. The summed E-state index contributed by atoms with van der Waals surface area (Å²) in [6, 6.07) is 10.2. The maximum absolute atomic E-state index is 12.0. The van der Waals surface area contributed by atoms with Crippen molar-refractivity contribution in [2.24, 2.45) is 0 Å². The van der Waals surface area contributed by atoms with E-state index in [1.54, 1.807) is 0 Å². The number of nitrogens with two attached hydrogens (primary N) is 1. The maximum Gasteiger partial charge on any atom is 0.273 e. The van der Waals surface area contributed by atoms with Crippen LogP contribution in [0.4, 0.5) is 5.82 Å². The molecule has 1 atom stereocenters. The average Bonchev–Trinajstić information content (AvgIpc) is 2.46. The van der Waals surface area contributed by atoms with Gasteiger partial charge in [0, 0.05) is 18.4 Å². The Balaban J connectivity index is 1.87. The number of carbonyl (C=O) groups is 1. The van der Waals surface area contributed by atoms with Crippen LogP contribution in [0.3, 0.4) is 0 Å². The Hall–Kier alpha value is -2.43. The molecule has 0 saturated heterocycles. The number of benzene rings is 1. The lowest BCUT2D eigenvalue weighted by molar-refractivity contribution is 0.0934.